The Morgan fingerprint density at radius 1 is 0.787 bits per heavy atom. The molecule has 11 heteroatoms. The minimum Gasteiger partial charge on any atom is -0.497 e. The molecule has 1 N–H and O–H groups in total. The van der Waals surface area contributed by atoms with Crippen molar-refractivity contribution in [3.05, 3.63) is 131 Å². The fourth-order valence-electron chi connectivity index (χ4n) is 5.63. The first-order chi connectivity index (χ1) is 23.0. The molecule has 6 rings (SSSR count). The quantitative estimate of drug-likeness (QED) is 0.164. The van der Waals surface area contributed by atoms with Crippen LogP contribution in [0.15, 0.2) is 114 Å². The molecule has 0 aliphatic carbocycles. The molecule has 0 radical (unpaired) electrons. The van der Waals surface area contributed by atoms with Gasteiger partial charge in [0.15, 0.2) is 6.10 Å². The van der Waals surface area contributed by atoms with E-state index >= 15 is 0 Å². The lowest BCUT2D eigenvalue weighted by atomic mass is 9.96. The molecule has 2 amide bonds. The number of rotatable bonds is 11. The number of hydrogen-bond acceptors (Lipinski definition) is 10. The van der Waals surface area contributed by atoms with E-state index in [1.54, 1.807) is 55.6 Å². The topological polar surface area (TPSA) is 121 Å². The van der Waals surface area contributed by atoms with E-state index in [1.807, 2.05) is 60.7 Å². The Hall–Kier alpha value is -4.68. The van der Waals surface area contributed by atoms with E-state index < -0.39 is 54.4 Å². The molecule has 2 heterocycles. The lowest BCUT2D eigenvalue weighted by molar-refractivity contribution is -0.207. The molecule has 0 aromatic heterocycles. The summed E-state index contributed by atoms with van der Waals surface area (Å²) in [7, 11) is 1.57. The molecule has 0 bridgehead atoms. The van der Waals surface area contributed by atoms with Crippen LogP contribution in [0, 0.1) is 0 Å². The van der Waals surface area contributed by atoms with Crippen molar-refractivity contribution in [2.45, 2.75) is 47.9 Å². The maximum absolute atomic E-state index is 13.9. The van der Waals surface area contributed by atoms with E-state index in [1.165, 1.54) is 11.8 Å². The second kappa shape index (κ2) is 14.8. The zero-order valence-electron chi connectivity index (χ0n) is 25.5. The molecule has 47 heavy (non-hydrogen) atoms. The highest BCUT2D eigenvalue weighted by Gasteiger charge is 2.56. The van der Waals surface area contributed by atoms with Gasteiger partial charge in [0.2, 0.25) is 0 Å². The fourth-order valence-corrected chi connectivity index (χ4v) is 6.83. The summed E-state index contributed by atoms with van der Waals surface area (Å²) in [4.78, 5) is 43.0. The van der Waals surface area contributed by atoms with Crippen molar-refractivity contribution in [2.75, 3.05) is 13.7 Å². The summed E-state index contributed by atoms with van der Waals surface area (Å²) >= 11 is 1.24. The zero-order valence-corrected chi connectivity index (χ0v) is 26.3. The molecular weight excluding hydrogens is 622 g/mol. The van der Waals surface area contributed by atoms with Crippen molar-refractivity contribution < 1.29 is 43.2 Å². The Kier molecular flexibility index (Phi) is 10.2. The SMILES string of the molecule is COc1ccc(CO[C@H]2[C@H](OC(=O)OCc3ccccc3)[C@@H](N3C(=O)c4ccccc4C3=O)[C@H](Sc3ccccc3)O[C@@H]2CO)cc1. The number of carbonyl (C=O) groups excluding carboxylic acids is 3. The van der Waals surface area contributed by atoms with Crippen LogP contribution < -0.4 is 4.74 Å². The first-order valence-corrected chi connectivity index (χ1v) is 15.9. The standard InChI is InChI=1S/C36H33NO9S/c1-42-25-18-16-24(17-19-25)21-43-31-29(20-38)45-35(47-26-12-6-3-7-13-26)30(37-33(39)27-14-8-9-15-28(27)34(37)40)32(31)46-36(41)44-22-23-10-4-2-5-11-23/h2-19,29-32,35,38H,20-22H2,1H3/t29-,30-,31-,32-,35+/m1/s1. The average molecular weight is 656 g/mol. The maximum atomic E-state index is 13.9. The number of ether oxygens (including phenoxy) is 5. The number of nitrogens with zero attached hydrogens (tertiary/aromatic N) is 1. The minimum atomic E-state index is -1.29. The molecule has 10 nitrogen and oxygen atoms in total. The van der Waals surface area contributed by atoms with Crippen molar-refractivity contribution in [2.24, 2.45) is 0 Å². The van der Waals surface area contributed by atoms with Crippen LogP contribution in [-0.4, -0.2) is 71.5 Å². The van der Waals surface area contributed by atoms with Crippen molar-refractivity contribution in [3.8, 4) is 5.75 Å². The normalized spacial score (nSPS) is 22.1. The molecule has 0 spiro atoms. The van der Waals surface area contributed by atoms with Gasteiger partial charge in [-0.15, -0.1) is 0 Å². The molecule has 1 fully saturated rings. The van der Waals surface area contributed by atoms with E-state index in [-0.39, 0.29) is 24.3 Å². The lowest BCUT2D eigenvalue weighted by Crippen LogP contribution is -2.66. The summed E-state index contributed by atoms with van der Waals surface area (Å²) in [5, 5.41) is 10.6. The molecule has 2 aliphatic heterocycles. The van der Waals surface area contributed by atoms with Crippen LogP contribution in [0.2, 0.25) is 0 Å². The van der Waals surface area contributed by atoms with Crippen LogP contribution in [0.4, 0.5) is 4.79 Å². The summed E-state index contributed by atoms with van der Waals surface area (Å²) in [6.07, 6.45) is -4.41. The number of fused-ring (bicyclic) bond motifs is 1. The summed E-state index contributed by atoms with van der Waals surface area (Å²) < 4.78 is 29.5. The smallest absolute Gasteiger partial charge is 0.497 e. The van der Waals surface area contributed by atoms with Gasteiger partial charge < -0.3 is 28.8 Å². The largest absolute Gasteiger partial charge is 0.509 e. The summed E-state index contributed by atoms with van der Waals surface area (Å²) in [6, 6.07) is 30.9. The lowest BCUT2D eigenvalue weighted by Gasteiger charge is -2.47. The number of aliphatic hydroxyl groups is 1. The highest BCUT2D eigenvalue weighted by atomic mass is 32.2. The number of methoxy groups -OCH3 is 1. The maximum Gasteiger partial charge on any atom is 0.509 e. The monoisotopic (exact) mass is 655 g/mol. The second-order valence-corrected chi connectivity index (χ2v) is 12.1. The van der Waals surface area contributed by atoms with Gasteiger partial charge in [-0.1, -0.05) is 84.6 Å². The van der Waals surface area contributed by atoms with Crippen LogP contribution in [0.3, 0.4) is 0 Å². The van der Waals surface area contributed by atoms with Crippen LogP contribution in [-0.2, 0) is 32.2 Å². The first-order valence-electron chi connectivity index (χ1n) is 15.0. The van der Waals surface area contributed by atoms with Gasteiger partial charge in [0.05, 0.1) is 31.5 Å². The molecule has 2 aliphatic rings. The first kappa shape index (κ1) is 32.3. The Morgan fingerprint density at radius 2 is 1.38 bits per heavy atom. The van der Waals surface area contributed by atoms with Gasteiger partial charge in [-0.25, -0.2) is 4.79 Å². The van der Waals surface area contributed by atoms with Gasteiger partial charge in [-0.3, -0.25) is 14.5 Å². The number of amides is 2. The van der Waals surface area contributed by atoms with Crippen molar-refractivity contribution in [1.29, 1.82) is 0 Å². The molecule has 0 unspecified atom stereocenters. The van der Waals surface area contributed by atoms with E-state index in [0.29, 0.717) is 5.75 Å². The third kappa shape index (κ3) is 7.18. The number of hydrogen-bond donors (Lipinski definition) is 1. The number of aliphatic hydroxyl groups excluding tert-OH is 1. The predicted molar refractivity (Wildman–Crippen MR) is 172 cm³/mol. The van der Waals surface area contributed by atoms with Crippen LogP contribution in [0.5, 0.6) is 5.75 Å². The van der Waals surface area contributed by atoms with Gasteiger partial charge in [0.25, 0.3) is 11.8 Å². The Labute approximate surface area is 276 Å². The second-order valence-electron chi connectivity index (χ2n) is 10.9. The number of carbonyl (C=O) groups is 3. The summed E-state index contributed by atoms with van der Waals surface area (Å²) in [5.41, 5.74) is 1.01. The van der Waals surface area contributed by atoms with Gasteiger partial charge in [0, 0.05) is 4.90 Å². The van der Waals surface area contributed by atoms with Gasteiger partial charge in [0.1, 0.15) is 36.0 Å². The minimum absolute atomic E-state index is 0.0405. The van der Waals surface area contributed by atoms with E-state index in [9.17, 15) is 19.5 Å². The van der Waals surface area contributed by atoms with Gasteiger partial charge >= 0.3 is 6.16 Å². The molecule has 5 atom stereocenters. The van der Waals surface area contributed by atoms with Crippen LogP contribution in [0.25, 0.3) is 0 Å². The Bertz CT molecular complexity index is 1650. The third-order valence-electron chi connectivity index (χ3n) is 7.95. The average Bonchev–Trinajstić information content (AvgIpc) is 3.36. The summed E-state index contributed by atoms with van der Waals surface area (Å²) in [6.45, 7) is -0.519. The van der Waals surface area contributed by atoms with Gasteiger partial charge in [-0.05, 0) is 47.5 Å². The molecule has 4 aromatic rings. The number of imide groups is 1. The molecule has 1 saturated heterocycles. The Balaban J connectivity index is 1.37. The molecule has 4 aromatic carbocycles. The molecule has 0 saturated carbocycles. The van der Waals surface area contributed by atoms with E-state index in [0.717, 1.165) is 20.9 Å². The molecular formula is C36H33NO9S. The Morgan fingerprint density at radius 3 is 2.00 bits per heavy atom. The zero-order chi connectivity index (χ0) is 32.8. The fraction of sp³-hybridized carbons (Fsp3) is 0.250. The van der Waals surface area contributed by atoms with Crippen molar-refractivity contribution in [1.82, 2.24) is 4.90 Å². The third-order valence-corrected chi connectivity index (χ3v) is 9.11. The van der Waals surface area contributed by atoms with Crippen molar-refractivity contribution >= 4 is 29.7 Å². The number of benzene rings is 4. The van der Waals surface area contributed by atoms with E-state index in [4.69, 9.17) is 23.7 Å². The number of thioether (sulfide) groups is 1. The van der Waals surface area contributed by atoms with Crippen LogP contribution >= 0.6 is 11.8 Å². The van der Waals surface area contributed by atoms with E-state index in [2.05, 4.69) is 0 Å². The summed E-state index contributed by atoms with van der Waals surface area (Å²) in [5.74, 6) is -0.447. The highest BCUT2D eigenvalue weighted by Crippen LogP contribution is 2.41. The molecule has 242 valence electrons. The predicted octanol–water partition coefficient (Wildman–Crippen LogP) is 5.48. The van der Waals surface area contributed by atoms with Crippen molar-refractivity contribution in [3.63, 3.8) is 0 Å². The van der Waals surface area contributed by atoms with Gasteiger partial charge in [-0.2, -0.15) is 0 Å². The van der Waals surface area contributed by atoms with Crippen LogP contribution in [0.1, 0.15) is 31.8 Å². The highest BCUT2D eigenvalue weighted by molar-refractivity contribution is 7.99.